The van der Waals surface area contributed by atoms with Crippen molar-refractivity contribution in [1.82, 2.24) is 10.2 Å². The van der Waals surface area contributed by atoms with Crippen molar-refractivity contribution in [2.45, 2.75) is 46.6 Å². The molecule has 0 saturated heterocycles. The lowest BCUT2D eigenvalue weighted by Gasteiger charge is -2.26. The van der Waals surface area contributed by atoms with Gasteiger partial charge in [0.2, 0.25) is 0 Å². The predicted octanol–water partition coefficient (Wildman–Crippen LogP) is 2.82. The Labute approximate surface area is 156 Å². The standard InChI is InChI=1S/C20H29N3O3/c1-5-25-19(26-6-2)14-22-13-18(12-21)20(24)23(16(3)4)15-17-10-8-7-9-11-17/h7-11,13,16,19,22H,5-6,14-15H2,1-4H3/b18-13-. The second kappa shape index (κ2) is 12.1. The van der Waals surface area contributed by atoms with Crippen LogP contribution in [0, 0.1) is 11.3 Å². The maximum absolute atomic E-state index is 12.8. The van der Waals surface area contributed by atoms with Crippen LogP contribution in [0.2, 0.25) is 0 Å². The number of carbonyl (C=O) groups excluding carboxylic acids is 1. The van der Waals surface area contributed by atoms with Crippen LogP contribution in [0.1, 0.15) is 33.3 Å². The first-order valence-electron chi connectivity index (χ1n) is 8.95. The highest BCUT2D eigenvalue weighted by Crippen LogP contribution is 2.12. The molecule has 0 atom stereocenters. The van der Waals surface area contributed by atoms with Crippen molar-refractivity contribution in [1.29, 1.82) is 5.26 Å². The van der Waals surface area contributed by atoms with Crippen LogP contribution < -0.4 is 5.32 Å². The van der Waals surface area contributed by atoms with Crippen LogP contribution in [-0.2, 0) is 20.8 Å². The van der Waals surface area contributed by atoms with Gasteiger partial charge in [0.25, 0.3) is 5.91 Å². The first kappa shape index (κ1) is 21.7. The van der Waals surface area contributed by atoms with Gasteiger partial charge in [-0.2, -0.15) is 5.26 Å². The van der Waals surface area contributed by atoms with Crippen LogP contribution in [0.4, 0.5) is 0 Å². The normalized spacial score (nSPS) is 11.5. The van der Waals surface area contributed by atoms with Crippen LogP contribution in [0.3, 0.4) is 0 Å². The molecule has 0 spiro atoms. The van der Waals surface area contributed by atoms with Crippen molar-refractivity contribution < 1.29 is 14.3 Å². The van der Waals surface area contributed by atoms with Crippen LogP contribution >= 0.6 is 0 Å². The number of rotatable bonds is 11. The van der Waals surface area contributed by atoms with Gasteiger partial charge < -0.3 is 19.7 Å². The third kappa shape index (κ3) is 7.26. The van der Waals surface area contributed by atoms with Gasteiger partial charge in [0.15, 0.2) is 6.29 Å². The van der Waals surface area contributed by atoms with E-state index in [1.54, 1.807) is 4.90 Å². The van der Waals surface area contributed by atoms with Crippen LogP contribution in [0.25, 0.3) is 0 Å². The molecule has 1 aromatic carbocycles. The van der Waals surface area contributed by atoms with Gasteiger partial charge in [-0.3, -0.25) is 4.79 Å². The van der Waals surface area contributed by atoms with Crippen LogP contribution in [0.5, 0.6) is 0 Å². The molecule has 142 valence electrons. The van der Waals surface area contributed by atoms with Crippen molar-refractivity contribution in [3.8, 4) is 6.07 Å². The molecular weight excluding hydrogens is 330 g/mol. The Kier molecular flexibility index (Phi) is 10.1. The van der Waals surface area contributed by atoms with Crippen molar-refractivity contribution in [2.24, 2.45) is 0 Å². The summed E-state index contributed by atoms with van der Waals surface area (Å²) in [7, 11) is 0. The number of benzene rings is 1. The van der Waals surface area contributed by atoms with Gasteiger partial charge in [-0.15, -0.1) is 0 Å². The predicted molar refractivity (Wildman–Crippen MR) is 101 cm³/mol. The highest BCUT2D eigenvalue weighted by molar-refractivity contribution is 5.97. The molecule has 1 rings (SSSR count). The summed E-state index contributed by atoms with van der Waals surface area (Å²) >= 11 is 0. The second-order valence-corrected chi connectivity index (χ2v) is 5.93. The Bertz CT molecular complexity index is 602. The van der Waals surface area contributed by atoms with E-state index in [2.05, 4.69) is 5.32 Å². The number of amides is 1. The SMILES string of the molecule is CCOC(CN/C=C(/C#N)C(=O)N(Cc1ccccc1)C(C)C)OCC. The molecule has 0 bridgehead atoms. The molecule has 0 aliphatic rings. The number of carbonyl (C=O) groups is 1. The largest absolute Gasteiger partial charge is 0.385 e. The second-order valence-electron chi connectivity index (χ2n) is 5.93. The molecule has 6 nitrogen and oxygen atoms in total. The summed E-state index contributed by atoms with van der Waals surface area (Å²) in [4.78, 5) is 14.5. The fourth-order valence-electron chi connectivity index (χ4n) is 2.36. The van der Waals surface area contributed by atoms with Gasteiger partial charge in [0, 0.05) is 32.0 Å². The zero-order chi connectivity index (χ0) is 19.4. The topological polar surface area (TPSA) is 74.6 Å². The Hall–Kier alpha value is -2.36. The molecule has 0 aliphatic heterocycles. The van der Waals surface area contributed by atoms with Crippen molar-refractivity contribution in [3.05, 3.63) is 47.7 Å². The smallest absolute Gasteiger partial charge is 0.266 e. The molecule has 0 fully saturated rings. The number of nitrogens with zero attached hydrogens (tertiary/aromatic N) is 2. The summed E-state index contributed by atoms with van der Waals surface area (Å²) in [5, 5.41) is 12.4. The monoisotopic (exact) mass is 359 g/mol. The summed E-state index contributed by atoms with van der Waals surface area (Å²) in [6.07, 6.45) is 1.02. The van der Waals surface area contributed by atoms with E-state index in [0.717, 1.165) is 5.56 Å². The van der Waals surface area contributed by atoms with Gasteiger partial charge in [0.1, 0.15) is 11.6 Å². The fourth-order valence-corrected chi connectivity index (χ4v) is 2.36. The van der Waals surface area contributed by atoms with Crippen molar-refractivity contribution >= 4 is 5.91 Å². The summed E-state index contributed by atoms with van der Waals surface area (Å²) < 4.78 is 10.9. The van der Waals surface area contributed by atoms with Gasteiger partial charge in [-0.25, -0.2) is 0 Å². The van der Waals surface area contributed by atoms with Gasteiger partial charge >= 0.3 is 0 Å². The molecular formula is C20H29N3O3. The Balaban J connectivity index is 2.78. The first-order chi connectivity index (χ1) is 12.5. The Morgan fingerprint density at radius 3 is 2.35 bits per heavy atom. The molecule has 0 heterocycles. The zero-order valence-corrected chi connectivity index (χ0v) is 16.1. The Morgan fingerprint density at radius 1 is 1.23 bits per heavy atom. The fraction of sp³-hybridized carbons (Fsp3) is 0.500. The van der Waals surface area contributed by atoms with Gasteiger partial charge in [0.05, 0.1) is 6.54 Å². The maximum Gasteiger partial charge on any atom is 0.266 e. The van der Waals surface area contributed by atoms with Crippen LogP contribution in [0.15, 0.2) is 42.1 Å². The summed E-state index contributed by atoms with van der Waals surface area (Å²) in [6.45, 7) is 9.51. The molecule has 0 aliphatic carbocycles. The third-order valence-electron chi connectivity index (χ3n) is 3.67. The molecule has 1 N–H and O–H groups in total. The molecule has 0 saturated carbocycles. The molecule has 1 amide bonds. The summed E-state index contributed by atoms with van der Waals surface area (Å²) in [6, 6.07) is 11.7. The summed E-state index contributed by atoms with van der Waals surface area (Å²) in [5.74, 6) is -0.303. The minimum absolute atomic E-state index is 0.0287. The first-order valence-corrected chi connectivity index (χ1v) is 8.95. The molecule has 0 aromatic heterocycles. The van der Waals surface area contributed by atoms with Crippen molar-refractivity contribution in [2.75, 3.05) is 19.8 Å². The number of ether oxygens (including phenoxy) is 2. The van der Waals surface area contributed by atoms with Gasteiger partial charge in [-0.05, 0) is 33.3 Å². The van der Waals surface area contributed by atoms with E-state index in [4.69, 9.17) is 9.47 Å². The lowest BCUT2D eigenvalue weighted by Crippen LogP contribution is -2.38. The van der Waals surface area contributed by atoms with E-state index in [9.17, 15) is 10.1 Å². The quantitative estimate of drug-likeness (QED) is 0.374. The highest BCUT2D eigenvalue weighted by Gasteiger charge is 2.21. The number of hydrogen-bond acceptors (Lipinski definition) is 5. The maximum atomic E-state index is 12.8. The number of hydrogen-bond donors (Lipinski definition) is 1. The minimum Gasteiger partial charge on any atom is -0.385 e. The molecule has 6 heteroatoms. The summed E-state index contributed by atoms with van der Waals surface area (Å²) in [5.41, 5.74) is 1.08. The molecule has 0 radical (unpaired) electrons. The average Bonchev–Trinajstić information content (AvgIpc) is 2.63. The van der Waals surface area contributed by atoms with E-state index >= 15 is 0 Å². The zero-order valence-electron chi connectivity index (χ0n) is 16.1. The lowest BCUT2D eigenvalue weighted by atomic mass is 10.1. The van der Waals surface area contributed by atoms with E-state index in [1.807, 2.05) is 64.1 Å². The van der Waals surface area contributed by atoms with E-state index in [-0.39, 0.29) is 17.5 Å². The molecule has 26 heavy (non-hydrogen) atoms. The van der Waals surface area contributed by atoms with E-state index < -0.39 is 6.29 Å². The number of nitriles is 1. The number of nitrogens with one attached hydrogen (secondary N) is 1. The van der Waals surface area contributed by atoms with Gasteiger partial charge in [-0.1, -0.05) is 30.3 Å². The minimum atomic E-state index is -0.415. The van der Waals surface area contributed by atoms with Crippen molar-refractivity contribution in [3.63, 3.8) is 0 Å². The average molecular weight is 359 g/mol. The van der Waals surface area contributed by atoms with E-state index in [0.29, 0.717) is 26.3 Å². The molecule has 1 aromatic rings. The molecule has 0 unspecified atom stereocenters. The van der Waals surface area contributed by atoms with E-state index in [1.165, 1.54) is 6.20 Å². The lowest BCUT2D eigenvalue weighted by molar-refractivity contribution is -0.132. The van der Waals surface area contributed by atoms with Crippen LogP contribution in [-0.4, -0.2) is 42.9 Å². The third-order valence-corrected chi connectivity index (χ3v) is 3.67. The highest BCUT2D eigenvalue weighted by atomic mass is 16.7. The Morgan fingerprint density at radius 2 is 1.85 bits per heavy atom.